The van der Waals surface area contributed by atoms with Crippen molar-refractivity contribution in [3.05, 3.63) is 112 Å². The summed E-state index contributed by atoms with van der Waals surface area (Å²) in [6.07, 6.45) is 6.33. The highest BCUT2D eigenvalue weighted by atomic mass is 79.9. The van der Waals surface area contributed by atoms with Crippen molar-refractivity contribution in [3.63, 3.8) is 0 Å². The Morgan fingerprint density at radius 1 is 0.754 bits per heavy atom. The van der Waals surface area contributed by atoms with Crippen LogP contribution >= 0.6 is 27.3 Å². The minimum absolute atomic E-state index is 0.108. The van der Waals surface area contributed by atoms with Gasteiger partial charge < -0.3 is 19.6 Å². The van der Waals surface area contributed by atoms with Crippen molar-refractivity contribution in [2.45, 2.75) is 57.4 Å². The van der Waals surface area contributed by atoms with Gasteiger partial charge in [-0.05, 0) is 142 Å². The molecule has 0 spiro atoms. The number of nitrogens with one attached hydrogen (secondary N) is 1. The number of phenolic OH excluding ortho intramolecular Hbond substituents is 1. The van der Waals surface area contributed by atoms with Crippen LogP contribution in [-0.2, 0) is 22.4 Å². The van der Waals surface area contributed by atoms with Crippen LogP contribution in [0.15, 0.2) is 89.4 Å². The van der Waals surface area contributed by atoms with Crippen LogP contribution in [0.1, 0.15) is 70.4 Å². The van der Waals surface area contributed by atoms with Crippen molar-refractivity contribution in [1.29, 1.82) is 0 Å². The van der Waals surface area contributed by atoms with E-state index >= 15 is 0 Å². The van der Waals surface area contributed by atoms with Crippen LogP contribution in [0.2, 0.25) is 0 Å². The van der Waals surface area contributed by atoms with Crippen LogP contribution in [0.3, 0.4) is 0 Å². The first kappa shape index (κ1) is 39.0. The van der Waals surface area contributed by atoms with Crippen molar-refractivity contribution < 1.29 is 29.0 Å². The fourth-order valence-electron chi connectivity index (χ4n) is 8.11. The predicted octanol–water partition coefficient (Wildman–Crippen LogP) is 8.19. The van der Waals surface area contributed by atoms with Gasteiger partial charge in [0.15, 0.2) is 5.75 Å². The van der Waals surface area contributed by atoms with E-state index in [1.807, 2.05) is 24.3 Å². The lowest BCUT2D eigenvalue weighted by molar-refractivity contribution is -0.136. The molecule has 0 aliphatic carbocycles. The van der Waals surface area contributed by atoms with Gasteiger partial charge in [-0.3, -0.25) is 29.4 Å². The monoisotopic (exact) mass is 848 g/mol. The number of imide groups is 2. The molecule has 1 atom stereocenters. The molecule has 4 heterocycles. The summed E-state index contributed by atoms with van der Waals surface area (Å²) in [5, 5.41) is 13.3. The van der Waals surface area contributed by atoms with Gasteiger partial charge in [-0.2, -0.15) is 0 Å². The number of hydrogen-bond donors (Lipinski definition) is 2. The van der Waals surface area contributed by atoms with E-state index < -0.39 is 23.8 Å². The van der Waals surface area contributed by atoms with Crippen LogP contribution in [0.25, 0.3) is 20.5 Å². The zero-order valence-corrected chi connectivity index (χ0v) is 34.1. The zero-order valence-electron chi connectivity index (χ0n) is 31.7. The van der Waals surface area contributed by atoms with Gasteiger partial charge >= 0.3 is 0 Å². The maximum absolute atomic E-state index is 13.2. The molecule has 5 aromatic rings. The van der Waals surface area contributed by atoms with E-state index in [4.69, 9.17) is 4.74 Å². The fourth-order valence-corrected chi connectivity index (χ4v) is 9.55. The molecule has 0 saturated carbocycles. The molecule has 0 radical (unpaired) electrons. The first-order valence-corrected chi connectivity index (χ1v) is 21.4. The third kappa shape index (κ3) is 8.84. The minimum Gasteiger partial charge on any atom is -0.508 e. The Labute approximate surface area is 344 Å². The summed E-state index contributed by atoms with van der Waals surface area (Å²) < 4.78 is 8.53. The molecule has 4 amide bonds. The Bertz CT molecular complexity index is 2310. The van der Waals surface area contributed by atoms with Crippen molar-refractivity contribution >= 4 is 61.0 Å². The second-order valence-electron chi connectivity index (χ2n) is 15.1. The number of piperidine rings is 1. The third-order valence-electron chi connectivity index (χ3n) is 11.2. The zero-order chi connectivity index (χ0) is 39.5. The molecule has 4 aromatic carbocycles. The minimum atomic E-state index is -0.947. The van der Waals surface area contributed by atoms with E-state index in [9.17, 15) is 24.3 Å². The number of hydrogen-bond acceptors (Lipinski definition) is 9. The molecule has 0 bridgehead atoms. The van der Waals surface area contributed by atoms with E-state index in [2.05, 4.69) is 67.4 Å². The predicted molar refractivity (Wildman–Crippen MR) is 225 cm³/mol. The van der Waals surface area contributed by atoms with Gasteiger partial charge in [0.2, 0.25) is 11.8 Å². The highest BCUT2D eigenvalue weighted by Gasteiger charge is 2.44. The quantitative estimate of drug-likeness (QED) is 0.0900. The van der Waals surface area contributed by atoms with Gasteiger partial charge in [0.05, 0.1) is 16.0 Å². The lowest BCUT2D eigenvalue weighted by atomic mass is 10.0. The second kappa shape index (κ2) is 17.3. The molecule has 1 unspecified atom stereocenters. The van der Waals surface area contributed by atoms with Crippen molar-refractivity contribution in [3.8, 4) is 27.7 Å². The molecule has 57 heavy (non-hydrogen) atoms. The SMILES string of the molecule is O=C1CCC(N2C(=O)c3ccc(CCCCN4CCCN(CCCc5ccc(Oc6c(-c7ccc(Br)cc7)sc7cc(O)ccc67)cc5)CC4)cc3C2=O)C(=O)N1. The number of fused-ring (bicyclic) bond motifs is 2. The van der Waals surface area contributed by atoms with Gasteiger partial charge in [-0.25, -0.2) is 0 Å². The van der Waals surface area contributed by atoms with Gasteiger partial charge in [0.25, 0.3) is 11.8 Å². The number of rotatable bonds is 13. The average molecular weight is 850 g/mol. The smallest absolute Gasteiger partial charge is 0.262 e. The maximum atomic E-state index is 13.2. The van der Waals surface area contributed by atoms with E-state index in [-0.39, 0.29) is 24.5 Å². The van der Waals surface area contributed by atoms with Crippen LogP contribution in [0, 0.1) is 0 Å². The summed E-state index contributed by atoms with van der Waals surface area (Å²) in [5.74, 6) is -0.0639. The summed E-state index contributed by atoms with van der Waals surface area (Å²) >= 11 is 5.15. The first-order valence-electron chi connectivity index (χ1n) is 19.8. The molecule has 2 fully saturated rings. The number of unbranched alkanes of at least 4 members (excludes halogenated alkanes) is 1. The molecule has 1 aromatic heterocycles. The van der Waals surface area contributed by atoms with E-state index in [0.717, 1.165) is 125 Å². The highest BCUT2D eigenvalue weighted by Crippen LogP contribution is 2.47. The van der Waals surface area contributed by atoms with Gasteiger partial charge in [0.1, 0.15) is 17.5 Å². The second-order valence-corrected chi connectivity index (χ2v) is 17.1. The molecule has 10 nitrogen and oxygen atoms in total. The molecule has 12 heteroatoms. The number of nitrogens with zero attached hydrogens (tertiary/aromatic N) is 3. The number of amides is 4. The molecule has 2 saturated heterocycles. The van der Waals surface area contributed by atoms with Crippen molar-refractivity contribution in [2.75, 3.05) is 39.3 Å². The number of ether oxygens (including phenoxy) is 1. The molecule has 2 N–H and O–H groups in total. The number of aryl methyl sites for hydroxylation is 2. The fraction of sp³-hybridized carbons (Fsp3) is 0.333. The Balaban J connectivity index is 0.771. The van der Waals surface area contributed by atoms with E-state index in [1.54, 1.807) is 35.6 Å². The van der Waals surface area contributed by atoms with Gasteiger partial charge in [-0.1, -0.05) is 46.3 Å². The molecule has 8 rings (SSSR count). The highest BCUT2D eigenvalue weighted by molar-refractivity contribution is 9.10. The summed E-state index contributed by atoms with van der Waals surface area (Å²) in [6.45, 7) is 6.40. The van der Waals surface area contributed by atoms with Crippen LogP contribution in [-0.4, -0.2) is 88.7 Å². The number of benzene rings is 4. The van der Waals surface area contributed by atoms with Crippen LogP contribution in [0.4, 0.5) is 0 Å². The number of carbonyl (C=O) groups is 4. The first-order chi connectivity index (χ1) is 27.7. The maximum Gasteiger partial charge on any atom is 0.262 e. The Hall–Kier alpha value is -4.88. The number of phenols is 1. The lowest BCUT2D eigenvalue weighted by Gasteiger charge is -2.27. The molecule has 3 aliphatic heterocycles. The van der Waals surface area contributed by atoms with E-state index in [1.165, 1.54) is 5.56 Å². The Morgan fingerprint density at radius 3 is 2.21 bits per heavy atom. The number of thiophene rings is 1. The normalized spacial score (nSPS) is 17.9. The van der Waals surface area contributed by atoms with Gasteiger partial charge in [-0.15, -0.1) is 11.3 Å². The van der Waals surface area contributed by atoms with E-state index in [0.29, 0.717) is 11.1 Å². The summed E-state index contributed by atoms with van der Waals surface area (Å²) in [4.78, 5) is 57.4. The number of aromatic hydroxyl groups is 1. The van der Waals surface area contributed by atoms with Crippen LogP contribution in [0.5, 0.6) is 17.2 Å². The largest absolute Gasteiger partial charge is 0.508 e. The standard InChI is InChI=1S/C45H45BrN4O6S/c46-32-12-10-31(11-13-32)42-41(36-18-14-33(51)28-39(36)57-42)56-34-15-7-29(8-16-34)6-3-22-49-24-4-23-48(25-26-49)21-2-1-5-30-9-17-35-37(27-30)45(55)50(44(35)54)38-19-20-40(52)47-43(38)53/h7-18,27-28,38,51H,1-6,19-26H2,(H,47,52,53). The Morgan fingerprint density at radius 2 is 1.46 bits per heavy atom. The topological polar surface area (TPSA) is 119 Å². The van der Waals surface area contributed by atoms with Crippen molar-refractivity contribution in [1.82, 2.24) is 20.0 Å². The van der Waals surface area contributed by atoms with Crippen LogP contribution < -0.4 is 10.1 Å². The number of carbonyl (C=O) groups excluding carboxylic acids is 4. The summed E-state index contributed by atoms with van der Waals surface area (Å²) in [5.41, 5.74) is 4.03. The van der Waals surface area contributed by atoms with Gasteiger partial charge in [0, 0.05) is 34.1 Å². The molecule has 294 valence electrons. The Kier molecular flexibility index (Phi) is 11.8. The average Bonchev–Trinajstić information content (AvgIpc) is 3.55. The third-order valence-corrected chi connectivity index (χ3v) is 12.9. The summed E-state index contributed by atoms with van der Waals surface area (Å²) in [7, 11) is 0. The number of halogens is 1. The lowest BCUT2D eigenvalue weighted by Crippen LogP contribution is -2.54. The molecule has 3 aliphatic rings. The molecular weight excluding hydrogens is 804 g/mol. The van der Waals surface area contributed by atoms with Crippen molar-refractivity contribution in [2.24, 2.45) is 0 Å². The molecular formula is C45H45BrN4O6S. The summed E-state index contributed by atoms with van der Waals surface area (Å²) in [6, 6.07) is 26.5.